The molecule has 0 aromatic heterocycles. The molecule has 0 atom stereocenters. The fourth-order valence-electron chi connectivity index (χ4n) is 2.55. The van der Waals surface area contributed by atoms with Crippen molar-refractivity contribution >= 4 is 86.1 Å². The summed E-state index contributed by atoms with van der Waals surface area (Å²) in [7, 11) is 0. The third-order valence-electron chi connectivity index (χ3n) is 4.12. The van der Waals surface area contributed by atoms with Crippen molar-refractivity contribution in [1.82, 2.24) is 0 Å². The second-order valence-corrected chi connectivity index (χ2v) is 9.58. The Labute approximate surface area is 217 Å². The van der Waals surface area contributed by atoms with E-state index in [1.54, 1.807) is 18.2 Å². The second-order valence-electron chi connectivity index (χ2n) is 6.36. The molecule has 0 radical (unpaired) electrons. The van der Waals surface area contributed by atoms with Gasteiger partial charge < -0.3 is 10.1 Å². The number of hydrogen-bond acceptors (Lipinski definition) is 3. The molecule has 8 heteroatoms. The molecule has 4 nitrogen and oxygen atoms in total. The number of hydrogen-bond donors (Lipinski definition) is 1. The molecule has 0 saturated heterocycles. The number of carbonyl (C=O) groups is 1. The van der Waals surface area contributed by atoms with E-state index in [-0.39, 0.29) is 5.57 Å². The normalized spacial score (nSPS) is 11.0. The molecular formula is C23H14Cl2I2N2O2. The first-order valence-electron chi connectivity index (χ1n) is 8.90. The van der Waals surface area contributed by atoms with Gasteiger partial charge in [0.1, 0.15) is 24.0 Å². The molecule has 0 saturated carbocycles. The van der Waals surface area contributed by atoms with Crippen LogP contribution < -0.4 is 10.1 Å². The second kappa shape index (κ2) is 11.2. The number of anilines is 1. The maximum atomic E-state index is 12.5. The molecule has 0 unspecified atom stereocenters. The number of amides is 1. The van der Waals surface area contributed by atoms with Gasteiger partial charge in [-0.3, -0.25) is 4.79 Å². The summed E-state index contributed by atoms with van der Waals surface area (Å²) in [6, 6.07) is 20.3. The number of ether oxygens (including phenoxy) is 1. The molecule has 3 aromatic carbocycles. The largest absolute Gasteiger partial charge is 0.488 e. The van der Waals surface area contributed by atoms with E-state index < -0.39 is 5.91 Å². The van der Waals surface area contributed by atoms with E-state index in [9.17, 15) is 10.1 Å². The molecule has 156 valence electrons. The van der Waals surface area contributed by atoms with Gasteiger partial charge in [0.05, 0.1) is 13.6 Å². The van der Waals surface area contributed by atoms with Crippen molar-refractivity contribution in [1.29, 1.82) is 5.26 Å². The number of nitrogens with zero attached hydrogens (tertiary/aromatic N) is 1. The summed E-state index contributed by atoms with van der Waals surface area (Å²) >= 11 is 16.3. The summed E-state index contributed by atoms with van der Waals surface area (Å²) in [6.45, 7) is 0.456. The van der Waals surface area contributed by atoms with Crippen LogP contribution in [0.15, 0.2) is 66.2 Å². The highest BCUT2D eigenvalue weighted by Crippen LogP contribution is 2.26. The van der Waals surface area contributed by atoms with Crippen LogP contribution in [0.1, 0.15) is 11.1 Å². The Bertz CT molecular complexity index is 1190. The van der Waals surface area contributed by atoms with E-state index in [4.69, 9.17) is 27.9 Å². The molecule has 0 heterocycles. The van der Waals surface area contributed by atoms with Gasteiger partial charge in [-0.25, -0.2) is 0 Å². The van der Waals surface area contributed by atoms with Crippen molar-refractivity contribution in [3.8, 4) is 11.8 Å². The SMILES string of the molecule is N#C/C(=C\c1ccc(OCc2ccc(I)cc2)c(I)c1)C(=O)Nc1ccc(Cl)c(Cl)c1. The number of nitrogens with one attached hydrogen (secondary N) is 1. The maximum Gasteiger partial charge on any atom is 0.266 e. The van der Waals surface area contributed by atoms with Gasteiger partial charge in [-0.05, 0) is 105 Å². The van der Waals surface area contributed by atoms with Gasteiger partial charge in [-0.2, -0.15) is 5.26 Å². The zero-order chi connectivity index (χ0) is 22.4. The van der Waals surface area contributed by atoms with Crippen LogP contribution >= 0.6 is 68.4 Å². The molecule has 0 aliphatic carbocycles. The molecule has 1 N–H and O–H groups in total. The first kappa shape index (κ1) is 23.9. The molecule has 0 aliphatic heterocycles. The highest BCUT2D eigenvalue weighted by molar-refractivity contribution is 14.1. The van der Waals surface area contributed by atoms with Crippen LogP contribution in [0, 0.1) is 18.5 Å². The zero-order valence-electron chi connectivity index (χ0n) is 15.8. The Morgan fingerprint density at radius 2 is 1.77 bits per heavy atom. The molecule has 31 heavy (non-hydrogen) atoms. The molecule has 0 spiro atoms. The van der Waals surface area contributed by atoms with Crippen LogP contribution in [0.5, 0.6) is 5.75 Å². The molecule has 1 amide bonds. The Balaban J connectivity index is 1.70. The van der Waals surface area contributed by atoms with Crippen LogP contribution in [0.25, 0.3) is 6.08 Å². The molecule has 0 bridgehead atoms. The standard InChI is InChI=1S/C23H14Cl2I2N2O2/c24-19-7-6-18(11-20(19)25)29-23(30)16(12-28)9-15-3-8-22(21(27)10-15)31-13-14-1-4-17(26)5-2-14/h1-11H,13H2,(H,29,30)/b16-9+. The van der Waals surface area contributed by atoms with Crippen LogP contribution in [-0.2, 0) is 11.4 Å². The van der Waals surface area contributed by atoms with Gasteiger partial charge in [0.25, 0.3) is 5.91 Å². The third kappa shape index (κ3) is 6.84. The molecule has 3 aromatic rings. The third-order valence-corrected chi connectivity index (χ3v) is 6.42. The van der Waals surface area contributed by atoms with Gasteiger partial charge in [0.2, 0.25) is 0 Å². The summed E-state index contributed by atoms with van der Waals surface area (Å²) in [5, 5.41) is 12.8. The summed E-state index contributed by atoms with van der Waals surface area (Å²) in [4.78, 5) is 12.5. The van der Waals surface area contributed by atoms with E-state index in [2.05, 4.69) is 50.5 Å². The van der Waals surface area contributed by atoms with Crippen molar-refractivity contribution in [3.63, 3.8) is 0 Å². The van der Waals surface area contributed by atoms with Crippen molar-refractivity contribution in [2.24, 2.45) is 0 Å². The summed E-state index contributed by atoms with van der Waals surface area (Å²) in [6.07, 6.45) is 1.53. The minimum Gasteiger partial charge on any atom is -0.488 e. The average molecular weight is 675 g/mol. The van der Waals surface area contributed by atoms with Gasteiger partial charge >= 0.3 is 0 Å². The number of halogens is 4. The fourth-order valence-corrected chi connectivity index (χ4v) is 3.91. The Morgan fingerprint density at radius 1 is 1.03 bits per heavy atom. The monoisotopic (exact) mass is 674 g/mol. The van der Waals surface area contributed by atoms with Gasteiger partial charge in [-0.1, -0.05) is 41.4 Å². The minimum atomic E-state index is -0.532. The molecule has 3 rings (SSSR count). The van der Waals surface area contributed by atoms with E-state index in [1.165, 1.54) is 15.7 Å². The number of rotatable bonds is 6. The minimum absolute atomic E-state index is 0.0329. The van der Waals surface area contributed by atoms with E-state index in [0.717, 1.165) is 14.9 Å². The predicted octanol–water partition coefficient (Wildman–Crippen LogP) is 7.33. The highest BCUT2D eigenvalue weighted by atomic mass is 127. The highest BCUT2D eigenvalue weighted by Gasteiger charge is 2.11. The average Bonchev–Trinajstić information content (AvgIpc) is 2.75. The number of carbonyl (C=O) groups excluding carboxylic acids is 1. The van der Waals surface area contributed by atoms with Crippen molar-refractivity contribution in [2.75, 3.05) is 5.32 Å². The van der Waals surface area contributed by atoms with Crippen LogP contribution in [0.4, 0.5) is 5.69 Å². The van der Waals surface area contributed by atoms with E-state index in [1.807, 2.05) is 42.5 Å². The summed E-state index contributed by atoms with van der Waals surface area (Å²) < 4.78 is 7.94. The quantitative estimate of drug-likeness (QED) is 0.169. The lowest BCUT2D eigenvalue weighted by Gasteiger charge is -2.09. The molecule has 0 aliphatic rings. The first-order valence-corrected chi connectivity index (χ1v) is 11.8. The Kier molecular flexibility index (Phi) is 8.60. The summed E-state index contributed by atoms with van der Waals surface area (Å²) in [5.41, 5.74) is 2.21. The number of nitriles is 1. The van der Waals surface area contributed by atoms with Crippen molar-refractivity contribution < 1.29 is 9.53 Å². The Hall–Kier alpha value is -1.80. The van der Waals surface area contributed by atoms with E-state index in [0.29, 0.717) is 27.9 Å². The zero-order valence-corrected chi connectivity index (χ0v) is 21.7. The van der Waals surface area contributed by atoms with Gasteiger partial charge in [0, 0.05) is 9.26 Å². The molecule has 0 fully saturated rings. The van der Waals surface area contributed by atoms with Crippen molar-refractivity contribution in [2.45, 2.75) is 6.61 Å². The predicted molar refractivity (Wildman–Crippen MR) is 141 cm³/mol. The fraction of sp³-hybridized carbons (Fsp3) is 0.0435. The lowest BCUT2D eigenvalue weighted by Crippen LogP contribution is -2.13. The van der Waals surface area contributed by atoms with Gasteiger partial charge in [0.15, 0.2) is 0 Å². The smallest absolute Gasteiger partial charge is 0.266 e. The topological polar surface area (TPSA) is 62.1 Å². The Morgan fingerprint density at radius 3 is 2.42 bits per heavy atom. The van der Waals surface area contributed by atoms with Crippen LogP contribution in [0.2, 0.25) is 10.0 Å². The number of benzene rings is 3. The lowest BCUT2D eigenvalue weighted by molar-refractivity contribution is -0.112. The lowest BCUT2D eigenvalue weighted by atomic mass is 10.1. The van der Waals surface area contributed by atoms with E-state index >= 15 is 0 Å². The van der Waals surface area contributed by atoms with Gasteiger partial charge in [-0.15, -0.1) is 0 Å². The van der Waals surface area contributed by atoms with Crippen molar-refractivity contribution in [3.05, 3.63) is 94.5 Å². The summed E-state index contributed by atoms with van der Waals surface area (Å²) in [5.74, 6) is 0.199. The maximum absolute atomic E-state index is 12.5. The van der Waals surface area contributed by atoms with Crippen LogP contribution in [0.3, 0.4) is 0 Å². The van der Waals surface area contributed by atoms with Crippen LogP contribution in [-0.4, -0.2) is 5.91 Å². The molecular weight excluding hydrogens is 661 g/mol. The first-order chi connectivity index (χ1) is 14.9.